The Bertz CT molecular complexity index is 1190. The summed E-state index contributed by atoms with van der Waals surface area (Å²) in [6.07, 6.45) is 1.81. The summed E-state index contributed by atoms with van der Waals surface area (Å²) in [4.78, 5) is 23.5. The van der Waals surface area contributed by atoms with Crippen molar-refractivity contribution in [1.82, 2.24) is 9.97 Å². The molecule has 4 N–H and O–H groups in total. The molecule has 4 rings (SSSR count). The molecule has 8 heteroatoms. The molecule has 32 heavy (non-hydrogen) atoms. The van der Waals surface area contributed by atoms with Crippen molar-refractivity contribution >= 4 is 28.9 Å². The molecule has 0 bridgehead atoms. The van der Waals surface area contributed by atoms with Crippen LogP contribution < -0.4 is 26.0 Å². The second-order valence-corrected chi connectivity index (χ2v) is 7.41. The predicted molar refractivity (Wildman–Crippen MR) is 126 cm³/mol. The van der Waals surface area contributed by atoms with Gasteiger partial charge in [0, 0.05) is 18.3 Å². The molecule has 0 saturated heterocycles. The van der Waals surface area contributed by atoms with Crippen molar-refractivity contribution in [2.24, 2.45) is 5.73 Å². The van der Waals surface area contributed by atoms with Crippen LogP contribution in [-0.4, -0.2) is 29.5 Å². The van der Waals surface area contributed by atoms with Gasteiger partial charge in [-0.25, -0.2) is 9.97 Å². The van der Waals surface area contributed by atoms with Gasteiger partial charge in [0.2, 0.25) is 11.9 Å². The van der Waals surface area contributed by atoms with E-state index >= 15 is 0 Å². The summed E-state index contributed by atoms with van der Waals surface area (Å²) in [5.74, 6) is 1.39. The Morgan fingerprint density at radius 2 is 1.94 bits per heavy atom. The summed E-state index contributed by atoms with van der Waals surface area (Å²) in [7, 11) is 1.58. The topological polar surface area (TPSA) is 105 Å². The van der Waals surface area contributed by atoms with Gasteiger partial charge in [0.25, 0.3) is 0 Å². The Balaban J connectivity index is 1.59. The Kier molecular flexibility index (Phi) is 5.93. The number of ether oxygens (including phenoxy) is 1. The first kappa shape index (κ1) is 21.2. The molecule has 1 aliphatic rings. The number of fused-ring (bicyclic) bond motifs is 1. The summed E-state index contributed by atoms with van der Waals surface area (Å²) in [5.41, 5.74) is 11.3. The third-order valence-corrected chi connectivity index (χ3v) is 5.31. The van der Waals surface area contributed by atoms with Gasteiger partial charge >= 0.3 is 0 Å². The second kappa shape index (κ2) is 8.97. The molecule has 1 amide bonds. The predicted octanol–water partition coefficient (Wildman–Crippen LogP) is 3.51. The summed E-state index contributed by atoms with van der Waals surface area (Å²) < 4.78 is 5.32. The van der Waals surface area contributed by atoms with Crippen LogP contribution in [0.4, 0.5) is 17.3 Å². The normalized spacial score (nSPS) is 13.9. The van der Waals surface area contributed by atoms with Gasteiger partial charge in [-0.3, -0.25) is 10.1 Å². The number of carbonyl (C=O) groups is 1. The van der Waals surface area contributed by atoms with Gasteiger partial charge in [-0.2, -0.15) is 0 Å². The molecule has 0 spiro atoms. The van der Waals surface area contributed by atoms with Gasteiger partial charge in [-0.05, 0) is 37.6 Å². The van der Waals surface area contributed by atoms with Gasteiger partial charge in [0.15, 0.2) is 0 Å². The lowest BCUT2D eigenvalue weighted by Crippen LogP contribution is -2.25. The first-order valence-electron chi connectivity index (χ1n) is 10.4. The maximum atomic E-state index is 12.6. The van der Waals surface area contributed by atoms with Crippen LogP contribution in [0.15, 0.2) is 60.5 Å². The largest absolute Gasteiger partial charge is 0.496 e. The number of nitrogens with zero attached hydrogens (tertiary/aromatic N) is 3. The number of para-hydroxylation sites is 3. The molecule has 1 aromatic heterocycles. The van der Waals surface area contributed by atoms with Gasteiger partial charge < -0.3 is 20.7 Å². The highest BCUT2D eigenvalue weighted by atomic mass is 16.5. The van der Waals surface area contributed by atoms with E-state index in [1.807, 2.05) is 55.5 Å². The minimum absolute atomic E-state index is 0.146. The van der Waals surface area contributed by atoms with Crippen molar-refractivity contribution in [1.29, 1.82) is 0 Å². The average molecular weight is 431 g/mol. The highest BCUT2D eigenvalue weighted by Crippen LogP contribution is 2.37. The number of aromatic nitrogens is 2. The summed E-state index contributed by atoms with van der Waals surface area (Å²) in [5, 5.41) is 6.15. The van der Waals surface area contributed by atoms with E-state index in [0.717, 1.165) is 34.9 Å². The maximum absolute atomic E-state index is 12.6. The van der Waals surface area contributed by atoms with E-state index in [1.165, 1.54) is 0 Å². The zero-order valence-corrected chi connectivity index (χ0v) is 18.3. The minimum Gasteiger partial charge on any atom is -0.496 e. The Morgan fingerprint density at radius 3 is 2.72 bits per heavy atom. The van der Waals surface area contributed by atoms with Crippen LogP contribution in [0.1, 0.15) is 23.7 Å². The summed E-state index contributed by atoms with van der Waals surface area (Å²) in [6.45, 7) is 4.70. The summed E-state index contributed by atoms with van der Waals surface area (Å²) >= 11 is 0. The highest BCUT2D eigenvalue weighted by Gasteiger charge is 2.26. The van der Waals surface area contributed by atoms with Gasteiger partial charge in [-0.15, -0.1) is 0 Å². The van der Waals surface area contributed by atoms with Crippen LogP contribution in [0.2, 0.25) is 0 Å². The second-order valence-electron chi connectivity index (χ2n) is 7.41. The quantitative estimate of drug-likeness (QED) is 0.549. The fourth-order valence-corrected chi connectivity index (χ4v) is 3.75. The van der Waals surface area contributed by atoms with Crippen LogP contribution >= 0.6 is 0 Å². The number of nitrogens with two attached hydrogens (primary N) is 1. The van der Waals surface area contributed by atoms with Crippen LogP contribution in [0.25, 0.3) is 5.70 Å². The van der Waals surface area contributed by atoms with Crippen molar-refractivity contribution in [2.75, 3.05) is 29.2 Å². The van der Waals surface area contributed by atoms with Crippen LogP contribution in [-0.2, 0) is 11.2 Å². The van der Waals surface area contributed by atoms with Gasteiger partial charge in [-0.1, -0.05) is 30.3 Å². The number of aryl methyl sites for hydroxylation is 1. The Hall–Kier alpha value is -4.07. The third-order valence-electron chi connectivity index (χ3n) is 5.31. The fraction of sp³-hybridized carbons (Fsp3) is 0.208. The molecule has 0 atom stereocenters. The van der Waals surface area contributed by atoms with Gasteiger partial charge in [0.05, 0.1) is 36.3 Å². The number of rotatable bonds is 6. The van der Waals surface area contributed by atoms with E-state index in [9.17, 15) is 4.79 Å². The van der Waals surface area contributed by atoms with Crippen LogP contribution in [0.5, 0.6) is 5.75 Å². The van der Waals surface area contributed by atoms with Crippen molar-refractivity contribution < 1.29 is 9.53 Å². The SMILES string of the molecule is CCN1/C(=C(\N)c2nc(NC(=O)Cc3ccccc3OC)ncc2C)Nc2ccccc21. The first-order valence-corrected chi connectivity index (χ1v) is 10.4. The molecule has 0 unspecified atom stereocenters. The maximum Gasteiger partial charge on any atom is 0.231 e. The zero-order chi connectivity index (χ0) is 22.7. The monoisotopic (exact) mass is 430 g/mol. The minimum atomic E-state index is -0.239. The number of anilines is 3. The molecule has 0 saturated carbocycles. The molecule has 2 aromatic carbocycles. The third kappa shape index (κ3) is 4.07. The van der Waals surface area contributed by atoms with E-state index in [-0.39, 0.29) is 18.3 Å². The number of hydrogen-bond donors (Lipinski definition) is 3. The lowest BCUT2D eigenvalue weighted by atomic mass is 10.1. The molecule has 0 radical (unpaired) electrons. The number of amides is 1. The van der Waals surface area contributed by atoms with E-state index in [0.29, 0.717) is 17.1 Å². The number of nitrogens with one attached hydrogen (secondary N) is 2. The smallest absolute Gasteiger partial charge is 0.231 e. The molecule has 1 aliphatic heterocycles. The van der Waals surface area contributed by atoms with Crippen LogP contribution in [0.3, 0.4) is 0 Å². The molecule has 0 aliphatic carbocycles. The van der Waals surface area contributed by atoms with E-state index in [1.54, 1.807) is 13.3 Å². The fourth-order valence-electron chi connectivity index (χ4n) is 3.75. The molecule has 3 aromatic rings. The lowest BCUT2D eigenvalue weighted by molar-refractivity contribution is -0.115. The molecule has 8 nitrogen and oxygen atoms in total. The van der Waals surface area contributed by atoms with Crippen LogP contribution in [0, 0.1) is 6.92 Å². The average Bonchev–Trinajstić information content (AvgIpc) is 3.19. The van der Waals surface area contributed by atoms with E-state index in [4.69, 9.17) is 10.5 Å². The zero-order valence-electron chi connectivity index (χ0n) is 18.3. The Labute approximate surface area is 187 Å². The molecular weight excluding hydrogens is 404 g/mol. The van der Waals surface area contributed by atoms with Crippen molar-refractivity contribution in [3.63, 3.8) is 0 Å². The number of hydrogen-bond acceptors (Lipinski definition) is 7. The molecule has 0 fully saturated rings. The number of benzene rings is 2. The number of methoxy groups -OCH3 is 1. The van der Waals surface area contributed by atoms with Crippen molar-refractivity contribution in [3.8, 4) is 5.75 Å². The van der Waals surface area contributed by atoms with Crippen molar-refractivity contribution in [3.05, 3.63) is 77.4 Å². The molecular formula is C24H26N6O2. The van der Waals surface area contributed by atoms with E-state index < -0.39 is 0 Å². The summed E-state index contributed by atoms with van der Waals surface area (Å²) in [6, 6.07) is 15.4. The van der Waals surface area contributed by atoms with Crippen molar-refractivity contribution in [2.45, 2.75) is 20.3 Å². The van der Waals surface area contributed by atoms with Gasteiger partial charge in [0.1, 0.15) is 11.6 Å². The highest BCUT2D eigenvalue weighted by molar-refractivity contribution is 5.91. The first-order chi connectivity index (χ1) is 15.5. The lowest BCUT2D eigenvalue weighted by Gasteiger charge is -2.20. The molecule has 2 heterocycles. The Morgan fingerprint density at radius 1 is 1.19 bits per heavy atom. The van der Waals surface area contributed by atoms with E-state index in [2.05, 4.69) is 32.4 Å². The number of carbonyl (C=O) groups excluding carboxylic acids is 1. The standard InChI is InChI=1S/C24H26N6O2/c1-4-30-18-11-7-6-10-17(18)27-23(30)21(25)22-15(2)14-26-24(29-22)28-20(31)13-16-9-5-8-12-19(16)32-3/h5-12,14,27H,4,13,25H2,1-3H3,(H,26,28,29,31)/b23-21-. The molecule has 164 valence electrons.